The first-order valence-electron chi connectivity index (χ1n) is 7.14. The van der Waals surface area contributed by atoms with E-state index in [1.807, 2.05) is 0 Å². The second-order valence-electron chi connectivity index (χ2n) is 5.27. The zero-order valence-corrected chi connectivity index (χ0v) is 12.7. The van der Waals surface area contributed by atoms with Gasteiger partial charge in [-0.05, 0) is 30.9 Å². The number of rotatable bonds is 7. The van der Waals surface area contributed by atoms with Crippen LogP contribution in [0.5, 0.6) is 0 Å². The molecule has 1 saturated carbocycles. The van der Waals surface area contributed by atoms with Crippen LogP contribution in [0.1, 0.15) is 24.6 Å². The highest BCUT2D eigenvalue weighted by atomic mass is 35.5. The molecule has 0 spiro atoms. The maximum absolute atomic E-state index is 11.9. The zero-order valence-electron chi connectivity index (χ0n) is 11.9. The average Bonchev–Trinajstić information content (AvgIpc) is 3.21. The van der Waals surface area contributed by atoms with E-state index < -0.39 is 0 Å². The lowest BCUT2D eigenvalue weighted by Gasteiger charge is -2.04. The van der Waals surface area contributed by atoms with Crippen LogP contribution < -0.4 is 5.32 Å². The second-order valence-corrected chi connectivity index (χ2v) is 5.67. The molecule has 0 radical (unpaired) electrons. The van der Waals surface area contributed by atoms with E-state index in [1.54, 1.807) is 24.3 Å². The fourth-order valence-electron chi connectivity index (χ4n) is 1.92. The Morgan fingerprint density at radius 3 is 3.00 bits per heavy atom. The topological polar surface area (TPSA) is 77.2 Å². The van der Waals surface area contributed by atoms with E-state index in [2.05, 4.69) is 15.5 Å². The third-order valence-electron chi connectivity index (χ3n) is 3.25. The molecule has 1 fully saturated rings. The molecule has 1 aromatic carbocycles. The first-order valence-corrected chi connectivity index (χ1v) is 7.52. The Balaban J connectivity index is 1.48. The largest absolute Gasteiger partial charge is 0.371 e. The monoisotopic (exact) mass is 321 g/mol. The van der Waals surface area contributed by atoms with Crippen molar-refractivity contribution < 1.29 is 14.1 Å². The quantitative estimate of drug-likeness (QED) is 0.848. The number of nitrogens with one attached hydrogen (secondary N) is 1. The first kappa shape index (κ1) is 15.0. The van der Waals surface area contributed by atoms with E-state index in [-0.39, 0.29) is 18.9 Å². The van der Waals surface area contributed by atoms with Crippen molar-refractivity contribution in [3.05, 3.63) is 41.0 Å². The van der Waals surface area contributed by atoms with E-state index in [1.165, 1.54) is 12.8 Å². The maximum atomic E-state index is 11.9. The molecular weight excluding hydrogens is 306 g/mol. The summed E-state index contributed by atoms with van der Waals surface area (Å²) in [4.78, 5) is 16.1. The Labute approximate surface area is 132 Å². The fourth-order valence-corrected chi connectivity index (χ4v) is 2.10. The smallest absolute Gasteiger partial charge is 0.252 e. The highest BCUT2D eigenvalue weighted by molar-refractivity contribution is 6.33. The molecule has 22 heavy (non-hydrogen) atoms. The van der Waals surface area contributed by atoms with Crippen molar-refractivity contribution in [2.24, 2.45) is 5.92 Å². The molecule has 0 unspecified atom stereocenters. The van der Waals surface area contributed by atoms with Gasteiger partial charge in [0.25, 0.3) is 5.89 Å². The Morgan fingerprint density at radius 2 is 2.23 bits per heavy atom. The number of aromatic nitrogens is 2. The normalized spacial score (nSPS) is 14.0. The van der Waals surface area contributed by atoms with Crippen molar-refractivity contribution in [1.29, 1.82) is 0 Å². The minimum absolute atomic E-state index is 0.0251. The second kappa shape index (κ2) is 6.89. The Bertz CT molecular complexity index is 655. The lowest BCUT2D eigenvalue weighted by molar-refractivity contribution is -0.115. The summed E-state index contributed by atoms with van der Waals surface area (Å²) >= 11 is 5.98. The van der Waals surface area contributed by atoms with Crippen LogP contribution in [0, 0.1) is 5.92 Å². The van der Waals surface area contributed by atoms with Gasteiger partial charge in [-0.2, -0.15) is 4.98 Å². The lowest BCUT2D eigenvalue weighted by atomic mass is 10.3. The molecule has 0 saturated heterocycles. The summed E-state index contributed by atoms with van der Waals surface area (Å²) in [6.45, 7) is 1.01. The predicted molar refractivity (Wildman–Crippen MR) is 80.5 cm³/mol. The molecule has 6 nitrogen and oxygen atoms in total. The summed E-state index contributed by atoms with van der Waals surface area (Å²) in [5.41, 5.74) is 0.561. The molecule has 116 valence electrons. The van der Waals surface area contributed by atoms with Gasteiger partial charge in [0, 0.05) is 0 Å². The van der Waals surface area contributed by atoms with Crippen LogP contribution >= 0.6 is 11.6 Å². The number of carbonyl (C=O) groups is 1. The number of ether oxygens (including phenoxy) is 1. The van der Waals surface area contributed by atoms with Crippen molar-refractivity contribution in [2.75, 3.05) is 11.9 Å². The van der Waals surface area contributed by atoms with Crippen LogP contribution in [0.3, 0.4) is 0 Å². The molecule has 1 aliphatic rings. The van der Waals surface area contributed by atoms with Crippen LogP contribution in [-0.2, 0) is 22.6 Å². The minimum atomic E-state index is -0.251. The number of nitrogens with zero attached hydrogens (tertiary/aromatic N) is 2. The predicted octanol–water partition coefficient (Wildman–Crippen LogP) is 2.83. The Hall–Kier alpha value is -1.92. The van der Waals surface area contributed by atoms with Gasteiger partial charge < -0.3 is 14.6 Å². The molecule has 3 rings (SSSR count). The number of benzene rings is 1. The molecule has 0 aliphatic heterocycles. The standard InChI is InChI=1S/C15H16ClN3O3/c16-11-3-1-2-4-12(11)17-14(20)7-13-18-15(22-19-13)9-21-8-10-5-6-10/h1-4,10H,5-9H2,(H,17,20). The van der Waals surface area contributed by atoms with Gasteiger partial charge >= 0.3 is 0 Å². The fraction of sp³-hybridized carbons (Fsp3) is 0.400. The van der Waals surface area contributed by atoms with Gasteiger partial charge in [0.05, 0.1) is 23.7 Å². The molecule has 1 N–H and O–H groups in total. The summed E-state index contributed by atoms with van der Waals surface area (Å²) in [6.07, 6.45) is 2.49. The van der Waals surface area contributed by atoms with Crippen molar-refractivity contribution in [3.63, 3.8) is 0 Å². The molecule has 0 atom stereocenters. The van der Waals surface area contributed by atoms with Gasteiger partial charge in [-0.1, -0.05) is 28.9 Å². The number of halogens is 1. The SMILES string of the molecule is O=C(Cc1noc(COCC2CC2)n1)Nc1ccccc1Cl. The van der Waals surface area contributed by atoms with Gasteiger partial charge in [0.2, 0.25) is 5.91 Å². The Morgan fingerprint density at radius 1 is 1.41 bits per heavy atom. The van der Waals surface area contributed by atoms with Gasteiger partial charge in [-0.15, -0.1) is 0 Å². The summed E-state index contributed by atoms with van der Waals surface area (Å²) in [7, 11) is 0. The lowest BCUT2D eigenvalue weighted by Crippen LogP contribution is -2.15. The number of carbonyl (C=O) groups excluding carboxylic acids is 1. The van der Waals surface area contributed by atoms with Crippen LogP contribution in [0.25, 0.3) is 0 Å². The van der Waals surface area contributed by atoms with E-state index >= 15 is 0 Å². The average molecular weight is 322 g/mol. The Kier molecular flexibility index (Phi) is 4.70. The number of anilines is 1. The van der Waals surface area contributed by atoms with Gasteiger partial charge in [-0.3, -0.25) is 4.79 Å². The summed E-state index contributed by atoms with van der Waals surface area (Å²) in [5.74, 6) is 1.15. The third-order valence-corrected chi connectivity index (χ3v) is 3.58. The van der Waals surface area contributed by atoms with Gasteiger partial charge in [0.15, 0.2) is 5.82 Å². The summed E-state index contributed by atoms with van der Waals surface area (Å²) in [5, 5.41) is 6.97. The van der Waals surface area contributed by atoms with Crippen molar-refractivity contribution in [2.45, 2.75) is 25.9 Å². The van der Waals surface area contributed by atoms with E-state index in [4.69, 9.17) is 20.9 Å². The third kappa shape index (κ3) is 4.29. The van der Waals surface area contributed by atoms with Crippen LogP contribution in [0.2, 0.25) is 5.02 Å². The molecule has 0 bridgehead atoms. The molecule has 2 aromatic rings. The van der Waals surface area contributed by atoms with Gasteiger partial charge in [0.1, 0.15) is 6.61 Å². The number of amides is 1. The highest BCUT2D eigenvalue weighted by Gasteiger charge is 2.21. The molecule has 1 heterocycles. The summed E-state index contributed by atoms with van der Waals surface area (Å²) in [6, 6.07) is 7.03. The number of para-hydroxylation sites is 1. The first-order chi connectivity index (χ1) is 10.7. The molecule has 7 heteroatoms. The minimum Gasteiger partial charge on any atom is -0.371 e. The van der Waals surface area contributed by atoms with Crippen LogP contribution in [0.15, 0.2) is 28.8 Å². The molecule has 1 aliphatic carbocycles. The van der Waals surface area contributed by atoms with Crippen molar-refractivity contribution in [3.8, 4) is 0 Å². The molecule has 1 amide bonds. The van der Waals surface area contributed by atoms with E-state index in [9.17, 15) is 4.79 Å². The number of hydrogen-bond acceptors (Lipinski definition) is 5. The highest BCUT2D eigenvalue weighted by Crippen LogP contribution is 2.29. The van der Waals surface area contributed by atoms with Gasteiger partial charge in [-0.25, -0.2) is 0 Å². The van der Waals surface area contributed by atoms with Crippen LogP contribution in [-0.4, -0.2) is 22.7 Å². The summed E-state index contributed by atoms with van der Waals surface area (Å²) < 4.78 is 10.5. The van der Waals surface area contributed by atoms with Crippen LogP contribution in [0.4, 0.5) is 5.69 Å². The van der Waals surface area contributed by atoms with E-state index in [0.29, 0.717) is 28.3 Å². The van der Waals surface area contributed by atoms with Crippen molar-refractivity contribution in [1.82, 2.24) is 10.1 Å². The zero-order chi connectivity index (χ0) is 15.4. The molecule has 1 aromatic heterocycles. The molecular formula is C15H16ClN3O3. The van der Waals surface area contributed by atoms with Crippen molar-refractivity contribution >= 4 is 23.2 Å². The number of hydrogen-bond donors (Lipinski definition) is 1. The van der Waals surface area contributed by atoms with E-state index in [0.717, 1.165) is 6.61 Å². The maximum Gasteiger partial charge on any atom is 0.252 e.